The summed E-state index contributed by atoms with van der Waals surface area (Å²) in [7, 11) is 0. The molecule has 1 aromatic carbocycles. The first-order chi connectivity index (χ1) is 7.74. The summed E-state index contributed by atoms with van der Waals surface area (Å²) in [4.78, 5) is 4.24. The SMILES string of the molecule is Cc1ccc(CNc2cccc(Cl)c2)cn1. The Labute approximate surface area is 100 Å². The molecule has 1 aromatic heterocycles. The van der Waals surface area contributed by atoms with E-state index in [2.05, 4.69) is 16.4 Å². The molecule has 0 aliphatic heterocycles. The number of nitrogens with zero attached hydrogens (tertiary/aromatic N) is 1. The fourth-order valence-corrected chi connectivity index (χ4v) is 1.60. The number of hydrogen-bond donors (Lipinski definition) is 1. The lowest BCUT2D eigenvalue weighted by molar-refractivity contribution is 1.09. The Hall–Kier alpha value is -1.54. The molecule has 16 heavy (non-hydrogen) atoms. The fraction of sp³-hybridized carbons (Fsp3) is 0.154. The quantitative estimate of drug-likeness (QED) is 0.874. The smallest absolute Gasteiger partial charge is 0.0426 e. The summed E-state index contributed by atoms with van der Waals surface area (Å²) in [5.41, 5.74) is 3.21. The monoisotopic (exact) mass is 232 g/mol. The van der Waals surface area contributed by atoms with Gasteiger partial charge in [-0.25, -0.2) is 0 Å². The predicted molar refractivity (Wildman–Crippen MR) is 67.8 cm³/mol. The molecule has 0 bridgehead atoms. The van der Waals surface area contributed by atoms with Crippen molar-refractivity contribution < 1.29 is 0 Å². The lowest BCUT2D eigenvalue weighted by Gasteiger charge is -2.06. The van der Waals surface area contributed by atoms with E-state index in [9.17, 15) is 0 Å². The van der Waals surface area contributed by atoms with Crippen LogP contribution in [0, 0.1) is 6.92 Å². The molecule has 0 atom stereocenters. The van der Waals surface area contributed by atoms with Gasteiger partial charge < -0.3 is 5.32 Å². The van der Waals surface area contributed by atoms with E-state index in [0.717, 1.165) is 28.5 Å². The van der Waals surface area contributed by atoms with Crippen molar-refractivity contribution in [3.05, 3.63) is 58.9 Å². The molecule has 1 N–H and O–H groups in total. The summed E-state index contributed by atoms with van der Waals surface area (Å²) in [6.07, 6.45) is 1.88. The van der Waals surface area contributed by atoms with Crippen molar-refractivity contribution in [2.75, 3.05) is 5.32 Å². The number of hydrogen-bond acceptors (Lipinski definition) is 2. The summed E-state index contributed by atoms with van der Waals surface area (Å²) in [6, 6.07) is 11.8. The summed E-state index contributed by atoms with van der Waals surface area (Å²) < 4.78 is 0. The van der Waals surface area contributed by atoms with E-state index in [4.69, 9.17) is 11.6 Å². The number of pyridine rings is 1. The van der Waals surface area contributed by atoms with E-state index in [1.165, 1.54) is 0 Å². The topological polar surface area (TPSA) is 24.9 Å². The molecule has 0 fully saturated rings. The molecule has 3 heteroatoms. The van der Waals surface area contributed by atoms with Gasteiger partial charge in [0.2, 0.25) is 0 Å². The Bertz CT molecular complexity index is 466. The lowest BCUT2D eigenvalue weighted by atomic mass is 10.2. The molecular formula is C13H13ClN2. The number of rotatable bonds is 3. The summed E-state index contributed by atoms with van der Waals surface area (Å²) >= 11 is 5.90. The summed E-state index contributed by atoms with van der Waals surface area (Å²) in [5, 5.41) is 4.04. The van der Waals surface area contributed by atoms with E-state index in [1.54, 1.807) is 0 Å². The minimum absolute atomic E-state index is 0.743. The Morgan fingerprint density at radius 1 is 1.25 bits per heavy atom. The zero-order valence-electron chi connectivity index (χ0n) is 9.07. The van der Waals surface area contributed by atoms with E-state index < -0.39 is 0 Å². The maximum Gasteiger partial charge on any atom is 0.0426 e. The van der Waals surface area contributed by atoms with Gasteiger partial charge in [0.25, 0.3) is 0 Å². The van der Waals surface area contributed by atoms with Crippen LogP contribution in [0.3, 0.4) is 0 Å². The highest BCUT2D eigenvalue weighted by molar-refractivity contribution is 6.30. The molecule has 1 heterocycles. The maximum atomic E-state index is 5.90. The van der Waals surface area contributed by atoms with Gasteiger partial charge in [-0.15, -0.1) is 0 Å². The van der Waals surface area contributed by atoms with Gasteiger partial charge in [0.05, 0.1) is 0 Å². The van der Waals surface area contributed by atoms with Crippen molar-refractivity contribution >= 4 is 17.3 Å². The number of aromatic nitrogens is 1. The molecule has 2 rings (SSSR count). The second-order valence-corrected chi connectivity index (χ2v) is 4.11. The molecule has 0 saturated heterocycles. The first-order valence-corrected chi connectivity index (χ1v) is 5.53. The molecule has 0 amide bonds. The van der Waals surface area contributed by atoms with Crippen molar-refractivity contribution in [1.82, 2.24) is 4.98 Å². The standard InChI is InChI=1S/C13H13ClN2/c1-10-5-6-11(8-15-10)9-16-13-4-2-3-12(14)7-13/h2-8,16H,9H2,1H3. The lowest BCUT2D eigenvalue weighted by Crippen LogP contribution is -1.99. The van der Waals surface area contributed by atoms with Crippen molar-refractivity contribution in [3.8, 4) is 0 Å². The van der Waals surface area contributed by atoms with Crippen LogP contribution in [0.25, 0.3) is 0 Å². The van der Waals surface area contributed by atoms with E-state index in [0.29, 0.717) is 0 Å². The van der Waals surface area contributed by atoms with Crippen LogP contribution in [0.2, 0.25) is 5.02 Å². The van der Waals surface area contributed by atoms with E-state index in [-0.39, 0.29) is 0 Å². The van der Waals surface area contributed by atoms with Crippen LogP contribution in [0.1, 0.15) is 11.3 Å². The van der Waals surface area contributed by atoms with Crippen LogP contribution in [-0.4, -0.2) is 4.98 Å². The van der Waals surface area contributed by atoms with Gasteiger partial charge in [-0.05, 0) is 36.8 Å². The third kappa shape index (κ3) is 2.97. The minimum atomic E-state index is 0.743. The molecule has 0 spiro atoms. The highest BCUT2D eigenvalue weighted by atomic mass is 35.5. The normalized spacial score (nSPS) is 10.1. The number of nitrogens with one attached hydrogen (secondary N) is 1. The molecule has 0 unspecified atom stereocenters. The summed E-state index contributed by atoms with van der Waals surface area (Å²) in [6.45, 7) is 2.74. The molecule has 2 nitrogen and oxygen atoms in total. The van der Waals surface area contributed by atoms with Gasteiger partial charge in [0, 0.05) is 29.1 Å². The third-order valence-corrected chi connectivity index (χ3v) is 2.53. The van der Waals surface area contributed by atoms with Crippen LogP contribution >= 0.6 is 11.6 Å². The van der Waals surface area contributed by atoms with Crippen molar-refractivity contribution in [1.29, 1.82) is 0 Å². The molecule has 0 aliphatic rings. The Balaban J connectivity index is 1.99. The Morgan fingerprint density at radius 3 is 2.81 bits per heavy atom. The van der Waals surface area contributed by atoms with Crippen LogP contribution in [0.4, 0.5) is 5.69 Å². The highest BCUT2D eigenvalue weighted by Gasteiger charge is 1.95. The highest BCUT2D eigenvalue weighted by Crippen LogP contribution is 2.15. The number of halogens is 1. The average molecular weight is 233 g/mol. The Kier molecular flexibility index (Phi) is 3.42. The number of benzene rings is 1. The van der Waals surface area contributed by atoms with E-state index >= 15 is 0 Å². The van der Waals surface area contributed by atoms with Crippen LogP contribution in [0.5, 0.6) is 0 Å². The number of aryl methyl sites for hydroxylation is 1. The predicted octanol–water partition coefficient (Wildman–Crippen LogP) is 3.66. The average Bonchev–Trinajstić information content (AvgIpc) is 2.28. The molecule has 82 valence electrons. The van der Waals surface area contributed by atoms with Crippen molar-refractivity contribution in [3.63, 3.8) is 0 Å². The third-order valence-electron chi connectivity index (χ3n) is 2.29. The molecule has 0 saturated carbocycles. The molecular weight excluding hydrogens is 220 g/mol. The first-order valence-electron chi connectivity index (χ1n) is 5.15. The molecule has 0 radical (unpaired) electrons. The van der Waals surface area contributed by atoms with Gasteiger partial charge in [0.1, 0.15) is 0 Å². The Morgan fingerprint density at radius 2 is 2.12 bits per heavy atom. The minimum Gasteiger partial charge on any atom is -0.381 e. The van der Waals surface area contributed by atoms with Gasteiger partial charge in [-0.2, -0.15) is 0 Å². The zero-order valence-corrected chi connectivity index (χ0v) is 9.83. The van der Waals surface area contributed by atoms with Crippen LogP contribution in [-0.2, 0) is 6.54 Å². The van der Waals surface area contributed by atoms with Gasteiger partial charge >= 0.3 is 0 Å². The summed E-state index contributed by atoms with van der Waals surface area (Å²) in [5.74, 6) is 0. The molecule has 2 aromatic rings. The van der Waals surface area contributed by atoms with Gasteiger partial charge in [0.15, 0.2) is 0 Å². The van der Waals surface area contributed by atoms with Crippen LogP contribution in [0.15, 0.2) is 42.6 Å². The zero-order chi connectivity index (χ0) is 11.4. The molecule has 0 aliphatic carbocycles. The van der Waals surface area contributed by atoms with Crippen molar-refractivity contribution in [2.24, 2.45) is 0 Å². The van der Waals surface area contributed by atoms with Gasteiger partial charge in [-0.3, -0.25) is 4.98 Å². The second kappa shape index (κ2) is 4.99. The fourth-order valence-electron chi connectivity index (χ4n) is 1.41. The van der Waals surface area contributed by atoms with Crippen molar-refractivity contribution in [2.45, 2.75) is 13.5 Å². The van der Waals surface area contributed by atoms with Crippen LogP contribution < -0.4 is 5.32 Å². The number of anilines is 1. The maximum absolute atomic E-state index is 5.90. The van der Waals surface area contributed by atoms with Gasteiger partial charge in [-0.1, -0.05) is 23.7 Å². The second-order valence-electron chi connectivity index (χ2n) is 3.67. The van der Waals surface area contributed by atoms with E-state index in [1.807, 2.05) is 43.5 Å². The largest absolute Gasteiger partial charge is 0.381 e. The first kappa shape index (κ1) is 11.0.